The summed E-state index contributed by atoms with van der Waals surface area (Å²) >= 11 is 0. The van der Waals surface area contributed by atoms with Crippen LogP contribution in [0.1, 0.15) is 25.7 Å². The standard InChI is InChI=1S/C14H16N2O2/c17-16(18)13-5-6-14-12(9-13)7-8-15(14)10-11-3-1-2-4-11/h5-9,11H,1-4,10H2. The van der Waals surface area contributed by atoms with Gasteiger partial charge in [0.1, 0.15) is 0 Å². The van der Waals surface area contributed by atoms with Crippen LogP contribution in [-0.2, 0) is 6.54 Å². The van der Waals surface area contributed by atoms with Crippen LogP contribution in [0.5, 0.6) is 0 Å². The van der Waals surface area contributed by atoms with E-state index in [1.807, 2.05) is 18.3 Å². The number of benzene rings is 1. The monoisotopic (exact) mass is 244 g/mol. The zero-order chi connectivity index (χ0) is 12.5. The lowest BCUT2D eigenvalue weighted by Crippen LogP contribution is -2.05. The molecule has 0 unspecified atom stereocenters. The minimum atomic E-state index is -0.340. The van der Waals surface area contributed by atoms with Crippen LogP contribution in [0.25, 0.3) is 10.9 Å². The quantitative estimate of drug-likeness (QED) is 0.610. The highest BCUT2D eigenvalue weighted by molar-refractivity contribution is 5.82. The van der Waals surface area contributed by atoms with Crippen molar-refractivity contribution in [1.82, 2.24) is 4.57 Å². The van der Waals surface area contributed by atoms with Gasteiger partial charge in [-0.2, -0.15) is 0 Å². The van der Waals surface area contributed by atoms with Crippen LogP contribution in [0.4, 0.5) is 5.69 Å². The molecule has 1 fully saturated rings. The number of rotatable bonds is 3. The van der Waals surface area contributed by atoms with Crippen LogP contribution in [0.3, 0.4) is 0 Å². The van der Waals surface area contributed by atoms with E-state index < -0.39 is 0 Å². The highest BCUT2D eigenvalue weighted by atomic mass is 16.6. The van der Waals surface area contributed by atoms with Crippen molar-refractivity contribution in [2.75, 3.05) is 0 Å². The fourth-order valence-electron chi connectivity index (χ4n) is 2.93. The Morgan fingerprint density at radius 3 is 2.78 bits per heavy atom. The number of aromatic nitrogens is 1. The first kappa shape index (κ1) is 11.3. The van der Waals surface area contributed by atoms with Crippen molar-refractivity contribution in [2.24, 2.45) is 5.92 Å². The molecule has 0 N–H and O–H groups in total. The molecule has 1 aromatic heterocycles. The molecule has 1 aromatic carbocycles. The van der Waals surface area contributed by atoms with Crippen LogP contribution in [0.15, 0.2) is 30.5 Å². The van der Waals surface area contributed by atoms with E-state index in [1.165, 1.54) is 25.7 Å². The third-order valence-corrected chi connectivity index (χ3v) is 3.90. The highest BCUT2D eigenvalue weighted by Crippen LogP contribution is 2.28. The van der Waals surface area contributed by atoms with E-state index in [2.05, 4.69) is 4.57 Å². The normalized spacial score (nSPS) is 16.4. The summed E-state index contributed by atoms with van der Waals surface area (Å²) < 4.78 is 2.23. The maximum Gasteiger partial charge on any atom is 0.270 e. The number of non-ortho nitro benzene ring substituents is 1. The van der Waals surface area contributed by atoms with Crippen molar-refractivity contribution >= 4 is 16.6 Å². The molecule has 0 saturated heterocycles. The van der Waals surface area contributed by atoms with E-state index in [4.69, 9.17) is 0 Å². The molecule has 94 valence electrons. The molecular formula is C14H16N2O2. The summed E-state index contributed by atoms with van der Waals surface area (Å²) in [6, 6.07) is 7.08. The van der Waals surface area contributed by atoms with E-state index in [0.717, 1.165) is 23.4 Å². The summed E-state index contributed by atoms with van der Waals surface area (Å²) in [4.78, 5) is 10.4. The van der Waals surface area contributed by atoms with E-state index in [1.54, 1.807) is 12.1 Å². The van der Waals surface area contributed by atoms with Gasteiger partial charge in [-0.15, -0.1) is 0 Å². The lowest BCUT2D eigenvalue weighted by molar-refractivity contribution is -0.384. The molecule has 4 nitrogen and oxygen atoms in total. The molecule has 1 aliphatic rings. The summed E-state index contributed by atoms with van der Waals surface area (Å²) in [5.41, 5.74) is 1.27. The van der Waals surface area contributed by atoms with Crippen LogP contribution < -0.4 is 0 Å². The molecule has 0 spiro atoms. The maximum absolute atomic E-state index is 10.7. The summed E-state index contributed by atoms with van der Waals surface area (Å²) in [5.74, 6) is 0.774. The second kappa shape index (κ2) is 4.44. The molecule has 0 radical (unpaired) electrons. The molecule has 0 atom stereocenters. The Kier molecular flexibility index (Phi) is 2.78. The van der Waals surface area contributed by atoms with Crippen molar-refractivity contribution in [3.8, 4) is 0 Å². The van der Waals surface area contributed by atoms with Gasteiger partial charge in [0.2, 0.25) is 0 Å². The second-order valence-electron chi connectivity index (χ2n) is 5.12. The Balaban J connectivity index is 1.91. The molecule has 1 aliphatic carbocycles. The molecule has 0 bridgehead atoms. The number of hydrogen-bond acceptors (Lipinski definition) is 2. The van der Waals surface area contributed by atoms with Crippen molar-refractivity contribution in [2.45, 2.75) is 32.2 Å². The van der Waals surface area contributed by atoms with Gasteiger partial charge < -0.3 is 4.57 Å². The molecule has 1 saturated carbocycles. The van der Waals surface area contributed by atoms with Crippen molar-refractivity contribution in [3.63, 3.8) is 0 Å². The summed E-state index contributed by atoms with van der Waals surface area (Å²) in [6.07, 6.45) is 7.36. The van der Waals surface area contributed by atoms with Gasteiger partial charge in [-0.1, -0.05) is 12.8 Å². The fraction of sp³-hybridized carbons (Fsp3) is 0.429. The van der Waals surface area contributed by atoms with E-state index >= 15 is 0 Å². The predicted molar refractivity (Wildman–Crippen MR) is 70.6 cm³/mol. The van der Waals surface area contributed by atoms with Crippen molar-refractivity contribution in [3.05, 3.63) is 40.6 Å². The first-order valence-corrected chi connectivity index (χ1v) is 6.47. The Morgan fingerprint density at radius 1 is 1.28 bits per heavy atom. The molecule has 4 heteroatoms. The van der Waals surface area contributed by atoms with Crippen molar-refractivity contribution in [1.29, 1.82) is 0 Å². The SMILES string of the molecule is O=[N+]([O-])c1ccc2c(ccn2CC2CCCC2)c1. The Hall–Kier alpha value is -1.84. The molecule has 1 heterocycles. The average molecular weight is 244 g/mol. The zero-order valence-electron chi connectivity index (χ0n) is 10.2. The Bertz CT molecular complexity index is 582. The minimum absolute atomic E-state index is 0.168. The Morgan fingerprint density at radius 2 is 2.06 bits per heavy atom. The molecular weight excluding hydrogens is 228 g/mol. The number of nitrogens with zero attached hydrogens (tertiary/aromatic N) is 2. The van der Waals surface area contributed by atoms with E-state index in [0.29, 0.717) is 0 Å². The number of hydrogen-bond donors (Lipinski definition) is 0. The van der Waals surface area contributed by atoms with Gasteiger partial charge in [-0.25, -0.2) is 0 Å². The first-order valence-electron chi connectivity index (χ1n) is 6.47. The van der Waals surface area contributed by atoms with Gasteiger partial charge in [0, 0.05) is 35.8 Å². The van der Waals surface area contributed by atoms with E-state index in [9.17, 15) is 10.1 Å². The smallest absolute Gasteiger partial charge is 0.270 e. The van der Waals surface area contributed by atoms with Gasteiger partial charge in [-0.05, 0) is 30.9 Å². The lowest BCUT2D eigenvalue weighted by atomic mass is 10.1. The van der Waals surface area contributed by atoms with Gasteiger partial charge in [0.15, 0.2) is 0 Å². The highest BCUT2D eigenvalue weighted by Gasteiger charge is 2.16. The Labute approximate surface area is 105 Å². The summed E-state index contributed by atoms with van der Waals surface area (Å²) in [6.45, 7) is 1.04. The molecule has 18 heavy (non-hydrogen) atoms. The molecule has 2 aromatic rings. The second-order valence-corrected chi connectivity index (χ2v) is 5.12. The third-order valence-electron chi connectivity index (χ3n) is 3.90. The van der Waals surface area contributed by atoms with E-state index in [-0.39, 0.29) is 10.6 Å². The zero-order valence-corrected chi connectivity index (χ0v) is 10.2. The maximum atomic E-state index is 10.7. The van der Waals surface area contributed by atoms with Crippen molar-refractivity contribution < 1.29 is 4.92 Å². The van der Waals surface area contributed by atoms with Crippen LogP contribution in [0, 0.1) is 16.0 Å². The number of fused-ring (bicyclic) bond motifs is 1. The largest absolute Gasteiger partial charge is 0.347 e. The van der Waals surface area contributed by atoms with Gasteiger partial charge in [0.05, 0.1) is 4.92 Å². The average Bonchev–Trinajstić information content (AvgIpc) is 2.99. The minimum Gasteiger partial charge on any atom is -0.347 e. The first-order chi connectivity index (χ1) is 8.74. The topological polar surface area (TPSA) is 48.1 Å². The number of nitro groups is 1. The lowest BCUT2D eigenvalue weighted by Gasteiger charge is -2.11. The molecule has 0 amide bonds. The molecule has 3 rings (SSSR count). The summed E-state index contributed by atoms with van der Waals surface area (Å²) in [5, 5.41) is 11.7. The summed E-state index contributed by atoms with van der Waals surface area (Å²) in [7, 11) is 0. The van der Waals surface area contributed by atoms with Crippen LogP contribution in [0.2, 0.25) is 0 Å². The fourth-order valence-corrected chi connectivity index (χ4v) is 2.93. The van der Waals surface area contributed by atoms with Gasteiger partial charge in [-0.3, -0.25) is 10.1 Å². The number of nitro benzene ring substituents is 1. The van der Waals surface area contributed by atoms with Crippen LogP contribution in [-0.4, -0.2) is 9.49 Å². The van der Waals surface area contributed by atoms with Crippen LogP contribution >= 0.6 is 0 Å². The third kappa shape index (κ3) is 1.98. The van der Waals surface area contributed by atoms with Gasteiger partial charge in [0.25, 0.3) is 5.69 Å². The predicted octanol–water partition coefficient (Wildman–Crippen LogP) is 3.74. The van der Waals surface area contributed by atoms with Gasteiger partial charge >= 0.3 is 0 Å². The molecule has 0 aliphatic heterocycles.